The molecule has 0 aromatic rings. The molecule has 0 radical (unpaired) electrons. The standard InChI is InChI=1S/C12H23NO3/c1-9(2)13-6-4-3-5-11(13)12-15-8-10(7-14)16-12/h9-12,14H,3-8H2,1-2H3. The Morgan fingerprint density at radius 1 is 1.38 bits per heavy atom. The van der Waals surface area contributed by atoms with Crippen LogP contribution in [-0.2, 0) is 9.47 Å². The summed E-state index contributed by atoms with van der Waals surface area (Å²) in [4.78, 5) is 2.47. The van der Waals surface area contributed by atoms with E-state index in [-0.39, 0.29) is 19.0 Å². The predicted molar refractivity (Wildman–Crippen MR) is 61.2 cm³/mol. The number of hydrogen-bond donors (Lipinski definition) is 1. The minimum absolute atomic E-state index is 0.0604. The maximum Gasteiger partial charge on any atom is 0.173 e. The van der Waals surface area contributed by atoms with E-state index in [9.17, 15) is 0 Å². The van der Waals surface area contributed by atoms with Gasteiger partial charge < -0.3 is 14.6 Å². The van der Waals surface area contributed by atoms with Gasteiger partial charge in [-0.05, 0) is 33.2 Å². The summed E-state index contributed by atoms with van der Waals surface area (Å²) >= 11 is 0. The molecule has 0 bridgehead atoms. The van der Waals surface area contributed by atoms with Crippen molar-refractivity contribution in [2.45, 2.75) is 57.6 Å². The molecule has 3 unspecified atom stereocenters. The zero-order chi connectivity index (χ0) is 11.5. The highest BCUT2D eigenvalue weighted by Gasteiger charge is 2.37. The van der Waals surface area contributed by atoms with E-state index in [4.69, 9.17) is 14.6 Å². The van der Waals surface area contributed by atoms with Crippen molar-refractivity contribution in [2.24, 2.45) is 0 Å². The molecule has 2 aliphatic heterocycles. The van der Waals surface area contributed by atoms with Crippen LogP contribution in [0.15, 0.2) is 0 Å². The number of nitrogens with zero attached hydrogens (tertiary/aromatic N) is 1. The van der Waals surface area contributed by atoms with Crippen LogP contribution < -0.4 is 0 Å². The van der Waals surface area contributed by atoms with Crippen LogP contribution in [0.25, 0.3) is 0 Å². The Kier molecular flexibility index (Phi) is 4.19. The van der Waals surface area contributed by atoms with E-state index in [2.05, 4.69) is 18.7 Å². The Balaban J connectivity index is 1.95. The molecular formula is C12H23NO3. The third-order valence-electron chi connectivity index (χ3n) is 3.55. The lowest BCUT2D eigenvalue weighted by Crippen LogP contribution is -2.50. The van der Waals surface area contributed by atoms with E-state index in [0.717, 1.165) is 13.0 Å². The van der Waals surface area contributed by atoms with Gasteiger partial charge in [0, 0.05) is 6.04 Å². The second kappa shape index (κ2) is 5.45. The van der Waals surface area contributed by atoms with Gasteiger partial charge in [-0.25, -0.2) is 0 Å². The van der Waals surface area contributed by atoms with Crippen molar-refractivity contribution < 1.29 is 14.6 Å². The summed E-state index contributed by atoms with van der Waals surface area (Å²) < 4.78 is 11.4. The number of hydrogen-bond acceptors (Lipinski definition) is 4. The Bertz CT molecular complexity index is 222. The zero-order valence-electron chi connectivity index (χ0n) is 10.3. The van der Waals surface area contributed by atoms with Crippen molar-refractivity contribution in [2.75, 3.05) is 19.8 Å². The number of likely N-dealkylation sites (tertiary alicyclic amines) is 1. The van der Waals surface area contributed by atoms with Gasteiger partial charge in [-0.2, -0.15) is 0 Å². The van der Waals surface area contributed by atoms with Gasteiger partial charge in [0.1, 0.15) is 6.10 Å². The summed E-state index contributed by atoms with van der Waals surface area (Å²) in [5.41, 5.74) is 0. The van der Waals surface area contributed by atoms with Crippen LogP contribution in [0.3, 0.4) is 0 Å². The molecule has 1 N–H and O–H groups in total. The van der Waals surface area contributed by atoms with E-state index in [0.29, 0.717) is 18.7 Å². The van der Waals surface area contributed by atoms with E-state index in [1.807, 2.05) is 0 Å². The average molecular weight is 229 g/mol. The monoisotopic (exact) mass is 229 g/mol. The molecule has 0 aromatic carbocycles. The number of aliphatic hydroxyl groups excluding tert-OH is 1. The van der Waals surface area contributed by atoms with E-state index < -0.39 is 0 Å². The van der Waals surface area contributed by atoms with Crippen LogP contribution in [0.4, 0.5) is 0 Å². The first kappa shape index (κ1) is 12.3. The predicted octanol–water partition coefficient (Wildman–Crippen LogP) is 0.983. The normalized spacial score (nSPS) is 37.1. The molecule has 94 valence electrons. The van der Waals surface area contributed by atoms with Crippen molar-refractivity contribution in [3.05, 3.63) is 0 Å². The van der Waals surface area contributed by atoms with Crippen molar-refractivity contribution in [1.82, 2.24) is 4.90 Å². The molecule has 16 heavy (non-hydrogen) atoms. The molecule has 0 amide bonds. The first-order valence-electron chi connectivity index (χ1n) is 6.36. The maximum absolute atomic E-state index is 9.04. The largest absolute Gasteiger partial charge is 0.394 e. The summed E-state index contributed by atoms with van der Waals surface area (Å²) in [5.74, 6) is 0. The van der Waals surface area contributed by atoms with Crippen LogP contribution in [0.2, 0.25) is 0 Å². The topological polar surface area (TPSA) is 41.9 Å². The van der Waals surface area contributed by atoms with Gasteiger partial charge in [-0.3, -0.25) is 4.90 Å². The molecular weight excluding hydrogens is 206 g/mol. The highest BCUT2D eigenvalue weighted by atomic mass is 16.7. The molecule has 2 fully saturated rings. The second-order valence-corrected chi connectivity index (χ2v) is 5.04. The molecule has 0 spiro atoms. The van der Waals surface area contributed by atoms with E-state index >= 15 is 0 Å². The SMILES string of the molecule is CC(C)N1CCCCC1C1OCC(CO)O1. The van der Waals surface area contributed by atoms with Crippen LogP contribution in [0, 0.1) is 0 Å². The molecule has 0 aromatic heterocycles. The average Bonchev–Trinajstić information content (AvgIpc) is 2.77. The third kappa shape index (κ3) is 2.56. The van der Waals surface area contributed by atoms with Gasteiger partial charge in [0.25, 0.3) is 0 Å². The first-order chi connectivity index (χ1) is 7.72. The molecule has 2 heterocycles. The van der Waals surface area contributed by atoms with E-state index in [1.165, 1.54) is 12.8 Å². The lowest BCUT2D eigenvalue weighted by atomic mass is 10.00. The van der Waals surface area contributed by atoms with Crippen molar-refractivity contribution in [3.63, 3.8) is 0 Å². The van der Waals surface area contributed by atoms with Gasteiger partial charge in [0.05, 0.1) is 19.3 Å². The van der Waals surface area contributed by atoms with Gasteiger partial charge in [0.2, 0.25) is 0 Å². The lowest BCUT2D eigenvalue weighted by molar-refractivity contribution is -0.128. The molecule has 2 saturated heterocycles. The van der Waals surface area contributed by atoms with Gasteiger partial charge in [-0.15, -0.1) is 0 Å². The van der Waals surface area contributed by atoms with Crippen molar-refractivity contribution in [1.29, 1.82) is 0 Å². The number of aliphatic hydroxyl groups is 1. The Morgan fingerprint density at radius 3 is 2.81 bits per heavy atom. The van der Waals surface area contributed by atoms with Crippen molar-refractivity contribution in [3.8, 4) is 0 Å². The van der Waals surface area contributed by atoms with Gasteiger partial charge in [-0.1, -0.05) is 6.42 Å². The van der Waals surface area contributed by atoms with E-state index in [1.54, 1.807) is 0 Å². The van der Waals surface area contributed by atoms with Gasteiger partial charge in [0.15, 0.2) is 6.29 Å². The Labute approximate surface area is 97.5 Å². The highest BCUT2D eigenvalue weighted by Crippen LogP contribution is 2.27. The molecule has 4 heteroatoms. The van der Waals surface area contributed by atoms with Crippen LogP contribution in [0.5, 0.6) is 0 Å². The third-order valence-corrected chi connectivity index (χ3v) is 3.55. The first-order valence-corrected chi connectivity index (χ1v) is 6.36. The summed E-state index contributed by atoms with van der Waals surface area (Å²) in [6.45, 7) is 6.16. The number of piperidine rings is 1. The smallest absolute Gasteiger partial charge is 0.173 e. The minimum Gasteiger partial charge on any atom is -0.394 e. The van der Waals surface area contributed by atoms with Crippen molar-refractivity contribution >= 4 is 0 Å². The van der Waals surface area contributed by atoms with Crippen LogP contribution >= 0.6 is 0 Å². The fourth-order valence-electron chi connectivity index (χ4n) is 2.68. The second-order valence-electron chi connectivity index (χ2n) is 5.04. The highest BCUT2D eigenvalue weighted by molar-refractivity contribution is 4.84. The number of ether oxygens (including phenoxy) is 2. The summed E-state index contributed by atoms with van der Waals surface area (Å²) in [6.07, 6.45) is 3.40. The molecule has 2 rings (SSSR count). The summed E-state index contributed by atoms with van der Waals surface area (Å²) in [7, 11) is 0. The van der Waals surface area contributed by atoms with Crippen LogP contribution in [0.1, 0.15) is 33.1 Å². The quantitative estimate of drug-likeness (QED) is 0.783. The minimum atomic E-state index is -0.139. The lowest BCUT2D eigenvalue weighted by Gasteiger charge is -2.40. The maximum atomic E-state index is 9.04. The fourth-order valence-corrected chi connectivity index (χ4v) is 2.68. The molecule has 3 atom stereocenters. The molecule has 0 saturated carbocycles. The van der Waals surface area contributed by atoms with Crippen LogP contribution in [-0.4, -0.2) is 54.2 Å². The van der Waals surface area contributed by atoms with Gasteiger partial charge >= 0.3 is 0 Å². The zero-order valence-corrected chi connectivity index (χ0v) is 10.3. The summed E-state index contributed by atoms with van der Waals surface area (Å²) in [6, 6.07) is 0.899. The molecule has 4 nitrogen and oxygen atoms in total. The number of rotatable bonds is 3. The molecule has 0 aliphatic carbocycles. The Hall–Kier alpha value is -0.160. The fraction of sp³-hybridized carbons (Fsp3) is 1.00. The Morgan fingerprint density at radius 2 is 2.19 bits per heavy atom. The summed E-state index contributed by atoms with van der Waals surface area (Å²) in [5, 5.41) is 9.04. The molecule has 2 aliphatic rings.